The lowest BCUT2D eigenvalue weighted by Gasteiger charge is -2.30. The van der Waals surface area contributed by atoms with E-state index in [2.05, 4.69) is 32.7 Å². The molecular formula is C20H23N5O. The summed E-state index contributed by atoms with van der Waals surface area (Å²) in [6, 6.07) is 12.1. The van der Waals surface area contributed by atoms with Crippen molar-refractivity contribution in [3.8, 4) is 0 Å². The minimum Gasteiger partial charge on any atom is -0.365 e. The van der Waals surface area contributed by atoms with Gasteiger partial charge < -0.3 is 5.32 Å². The van der Waals surface area contributed by atoms with E-state index in [9.17, 15) is 4.79 Å². The van der Waals surface area contributed by atoms with E-state index in [0.29, 0.717) is 6.04 Å². The molecule has 1 N–H and O–H groups in total. The second-order valence-corrected chi connectivity index (χ2v) is 7.09. The number of hydrogen-bond acceptors (Lipinski definition) is 5. The van der Waals surface area contributed by atoms with Gasteiger partial charge in [-0.05, 0) is 45.6 Å². The Hall–Kier alpha value is -2.76. The highest BCUT2D eigenvalue weighted by Gasteiger charge is 2.24. The molecule has 0 saturated heterocycles. The molecule has 0 atom stereocenters. The highest BCUT2D eigenvalue weighted by atomic mass is 16.1. The average molecular weight is 349 g/mol. The summed E-state index contributed by atoms with van der Waals surface area (Å²) >= 11 is 0. The Morgan fingerprint density at radius 1 is 0.962 bits per heavy atom. The minimum absolute atomic E-state index is 0.0117. The van der Waals surface area contributed by atoms with Crippen LogP contribution in [0.5, 0.6) is 0 Å². The molecule has 0 spiro atoms. The van der Waals surface area contributed by atoms with Crippen LogP contribution in [0.4, 0.5) is 5.82 Å². The summed E-state index contributed by atoms with van der Waals surface area (Å²) < 4.78 is 1.66. The van der Waals surface area contributed by atoms with Gasteiger partial charge in [-0.3, -0.25) is 4.79 Å². The molecule has 134 valence electrons. The predicted molar refractivity (Wildman–Crippen MR) is 102 cm³/mol. The Morgan fingerprint density at radius 3 is 2.46 bits per heavy atom. The zero-order valence-corrected chi connectivity index (χ0v) is 15.1. The topological polar surface area (TPSA) is 72.7 Å². The number of rotatable bonds is 3. The van der Waals surface area contributed by atoms with E-state index < -0.39 is 0 Å². The number of anilines is 1. The molecule has 26 heavy (non-hydrogen) atoms. The molecule has 2 heterocycles. The van der Waals surface area contributed by atoms with Gasteiger partial charge in [0.15, 0.2) is 5.82 Å². The fraction of sp³-hybridized carbons (Fsp3) is 0.400. The summed E-state index contributed by atoms with van der Waals surface area (Å²) in [5, 5.41) is 18.9. The summed E-state index contributed by atoms with van der Waals surface area (Å²) in [7, 11) is 0. The third-order valence-electron chi connectivity index (χ3n) is 5.21. The molecule has 0 bridgehead atoms. The number of aryl methyl sites for hydroxylation is 2. The van der Waals surface area contributed by atoms with Gasteiger partial charge in [0.25, 0.3) is 5.56 Å². The van der Waals surface area contributed by atoms with E-state index in [4.69, 9.17) is 0 Å². The Balaban J connectivity index is 1.49. The molecule has 2 aromatic heterocycles. The largest absolute Gasteiger partial charge is 0.365 e. The number of hydrogen-bond donors (Lipinski definition) is 1. The van der Waals surface area contributed by atoms with Crippen LogP contribution in [0.1, 0.15) is 43.1 Å². The standard InChI is InChI=1S/C20H23N5O/c1-13-7-12-19(26)25(24-13)16-10-8-15(9-11-16)21-20-18-6-4-3-5-17(18)14(2)22-23-20/h3-7,12,15-16H,8-11H2,1-2H3,(H,21,23). The van der Waals surface area contributed by atoms with Crippen LogP contribution in [-0.2, 0) is 0 Å². The van der Waals surface area contributed by atoms with Gasteiger partial charge in [-0.25, -0.2) is 4.68 Å². The van der Waals surface area contributed by atoms with Crippen LogP contribution < -0.4 is 10.9 Å². The van der Waals surface area contributed by atoms with Crippen molar-refractivity contribution in [2.45, 2.75) is 51.6 Å². The molecule has 1 aliphatic rings. The lowest BCUT2D eigenvalue weighted by atomic mass is 9.91. The molecule has 0 unspecified atom stereocenters. The molecule has 0 radical (unpaired) electrons. The summed E-state index contributed by atoms with van der Waals surface area (Å²) in [5.74, 6) is 0.848. The highest BCUT2D eigenvalue weighted by molar-refractivity contribution is 5.92. The first-order valence-corrected chi connectivity index (χ1v) is 9.17. The molecule has 1 fully saturated rings. The number of aromatic nitrogens is 4. The molecule has 6 heteroatoms. The quantitative estimate of drug-likeness (QED) is 0.784. The number of benzene rings is 1. The van der Waals surface area contributed by atoms with Crippen LogP contribution in [0.15, 0.2) is 41.2 Å². The summed E-state index contributed by atoms with van der Waals surface area (Å²) in [6.45, 7) is 3.90. The van der Waals surface area contributed by atoms with Gasteiger partial charge in [0.2, 0.25) is 0 Å². The first-order chi connectivity index (χ1) is 12.6. The van der Waals surface area contributed by atoms with E-state index in [1.165, 1.54) is 0 Å². The maximum absolute atomic E-state index is 12.1. The molecule has 4 rings (SSSR count). The number of nitrogens with one attached hydrogen (secondary N) is 1. The fourth-order valence-electron chi connectivity index (χ4n) is 3.78. The van der Waals surface area contributed by atoms with Gasteiger partial charge in [0, 0.05) is 22.9 Å². The smallest absolute Gasteiger partial charge is 0.267 e. The zero-order chi connectivity index (χ0) is 18.1. The normalized spacial score (nSPS) is 20.2. The maximum Gasteiger partial charge on any atom is 0.267 e. The van der Waals surface area contributed by atoms with Crippen LogP contribution >= 0.6 is 0 Å². The van der Waals surface area contributed by atoms with Gasteiger partial charge in [-0.2, -0.15) is 10.2 Å². The minimum atomic E-state index is -0.0117. The molecule has 1 aromatic carbocycles. The van der Waals surface area contributed by atoms with Crippen LogP contribution in [0.3, 0.4) is 0 Å². The van der Waals surface area contributed by atoms with Crippen molar-refractivity contribution in [1.82, 2.24) is 20.0 Å². The van der Waals surface area contributed by atoms with Crippen molar-refractivity contribution in [3.05, 3.63) is 58.1 Å². The molecule has 0 aliphatic heterocycles. The molecular weight excluding hydrogens is 326 g/mol. The Bertz CT molecular complexity index is 989. The average Bonchev–Trinajstić information content (AvgIpc) is 2.67. The van der Waals surface area contributed by atoms with Crippen molar-refractivity contribution in [1.29, 1.82) is 0 Å². The fourth-order valence-corrected chi connectivity index (χ4v) is 3.78. The van der Waals surface area contributed by atoms with Crippen molar-refractivity contribution >= 4 is 16.6 Å². The first kappa shape index (κ1) is 16.7. The van der Waals surface area contributed by atoms with E-state index in [1.807, 2.05) is 26.0 Å². The van der Waals surface area contributed by atoms with E-state index in [1.54, 1.807) is 16.8 Å². The van der Waals surface area contributed by atoms with Crippen LogP contribution in [-0.4, -0.2) is 26.0 Å². The van der Waals surface area contributed by atoms with Crippen molar-refractivity contribution < 1.29 is 0 Å². The van der Waals surface area contributed by atoms with Gasteiger partial charge in [-0.1, -0.05) is 24.3 Å². The SMILES string of the molecule is Cc1ccc(=O)n(C2CCC(Nc3nnc(C)c4ccccc34)CC2)n1. The third kappa shape index (κ3) is 3.19. The second kappa shape index (κ2) is 6.86. The lowest BCUT2D eigenvalue weighted by Crippen LogP contribution is -2.33. The third-order valence-corrected chi connectivity index (χ3v) is 5.21. The second-order valence-electron chi connectivity index (χ2n) is 7.09. The molecule has 0 amide bonds. The van der Waals surface area contributed by atoms with E-state index >= 15 is 0 Å². The molecule has 1 aliphatic carbocycles. The number of fused-ring (bicyclic) bond motifs is 1. The Labute approximate surface area is 152 Å². The van der Waals surface area contributed by atoms with Gasteiger partial charge >= 0.3 is 0 Å². The van der Waals surface area contributed by atoms with E-state index in [0.717, 1.165) is 53.7 Å². The van der Waals surface area contributed by atoms with Crippen molar-refractivity contribution in [3.63, 3.8) is 0 Å². The zero-order valence-electron chi connectivity index (χ0n) is 15.1. The Kier molecular flexibility index (Phi) is 4.41. The first-order valence-electron chi connectivity index (χ1n) is 9.17. The van der Waals surface area contributed by atoms with Gasteiger partial charge in [-0.15, -0.1) is 5.10 Å². The van der Waals surface area contributed by atoms with E-state index in [-0.39, 0.29) is 11.6 Å². The molecule has 1 saturated carbocycles. The molecule has 3 aromatic rings. The number of nitrogens with zero attached hydrogens (tertiary/aromatic N) is 4. The lowest BCUT2D eigenvalue weighted by molar-refractivity contribution is 0.302. The highest BCUT2D eigenvalue weighted by Crippen LogP contribution is 2.30. The molecule has 6 nitrogen and oxygen atoms in total. The van der Waals surface area contributed by atoms with Crippen LogP contribution in [0.2, 0.25) is 0 Å². The van der Waals surface area contributed by atoms with Crippen LogP contribution in [0, 0.1) is 13.8 Å². The summed E-state index contributed by atoms with van der Waals surface area (Å²) in [4.78, 5) is 12.1. The maximum atomic E-state index is 12.1. The Morgan fingerprint density at radius 2 is 1.69 bits per heavy atom. The summed E-state index contributed by atoms with van der Waals surface area (Å²) in [5.41, 5.74) is 1.81. The summed E-state index contributed by atoms with van der Waals surface area (Å²) in [6.07, 6.45) is 3.84. The van der Waals surface area contributed by atoms with Crippen molar-refractivity contribution in [2.75, 3.05) is 5.32 Å². The predicted octanol–water partition coefficient (Wildman–Crippen LogP) is 3.40. The van der Waals surface area contributed by atoms with Gasteiger partial charge in [0.05, 0.1) is 17.4 Å². The van der Waals surface area contributed by atoms with Crippen molar-refractivity contribution in [2.24, 2.45) is 0 Å². The van der Waals surface area contributed by atoms with Gasteiger partial charge in [0.1, 0.15) is 0 Å². The van der Waals surface area contributed by atoms with Crippen LogP contribution in [0.25, 0.3) is 10.8 Å². The monoisotopic (exact) mass is 349 g/mol.